The summed E-state index contributed by atoms with van der Waals surface area (Å²) in [7, 11) is 1.73. The second-order valence-corrected chi connectivity index (χ2v) is 7.76. The maximum absolute atomic E-state index is 12.6. The third-order valence-corrected chi connectivity index (χ3v) is 5.40. The van der Waals surface area contributed by atoms with Gasteiger partial charge in [-0.1, -0.05) is 16.8 Å². The van der Waals surface area contributed by atoms with Gasteiger partial charge in [0, 0.05) is 25.6 Å². The first-order valence-electron chi connectivity index (χ1n) is 9.18. The fourth-order valence-electron chi connectivity index (χ4n) is 2.99. The van der Waals surface area contributed by atoms with Crippen molar-refractivity contribution in [3.05, 3.63) is 40.5 Å². The summed E-state index contributed by atoms with van der Waals surface area (Å²) in [5.74, 6) is 0.778. The number of aromatic nitrogens is 2. The number of nitrogens with zero attached hydrogens (tertiary/aromatic N) is 3. The van der Waals surface area contributed by atoms with Gasteiger partial charge in [-0.25, -0.2) is 4.79 Å². The minimum atomic E-state index is -0.639. The fraction of sp³-hybridized carbons (Fsp3) is 0.474. The number of benzene rings is 1. The largest absolute Gasteiger partial charge is 0.340 e. The zero-order valence-electron chi connectivity index (χ0n) is 16.4. The lowest BCUT2D eigenvalue weighted by Crippen LogP contribution is -2.52. The van der Waals surface area contributed by atoms with E-state index in [0.29, 0.717) is 28.0 Å². The summed E-state index contributed by atoms with van der Waals surface area (Å²) in [4.78, 5) is 31.0. The van der Waals surface area contributed by atoms with Crippen LogP contribution >= 0.6 is 11.6 Å². The Morgan fingerprint density at radius 1 is 1.32 bits per heavy atom. The molecule has 3 rings (SSSR count). The van der Waals surface area contributed by atoms with Crippen molar-refractivity contribution in [2.75, 3.05) is 12.4 Å². The van der Waals surface area contributed by atoms with Crippen LogP contribution in [0.4, 0.5) is 10.5 Å². The third kappa shape index (κ3) is 3.96. The van der Waals surface area contributed by atoms with Gasteiger partial charge in [-0.05, 0) is 51.3 Å². The van der Waals surface area contributed by atoms with Crippen molar-refractivity contribution in [3.63, 3.8) is 0 Å². The van der Waals surface area contributed by atoms with Crippen molar-refractivity contribution in [1.82, 2.24) is 20.4 Å². The van der Waals surface area contributed by atoms with E-state index in [-0.39, 0.29) is 11.9 Å². The molecule has 1 fully saturated rings. The van der Waals surface area contributed by atoms with Gasteiger partial charge in [0.05, 0.1) is 10.7 Å². The van der Waals surface area contributed by atoms with Crippen LogP contribution in [0.3, 0.4) is 0 Å². The van der Waals surface area contributed by atoms with E-state index >= 15 is 0 Å². The van der Waals surface area contributed by atoms with Gasteiger partial charge in [0.25, 0.3) is 5.91 Å². The van der Waals surface area contributed by atoms with Crippen molar-refractivity contribution >= 4 is 29.2 Å². The average molecular weight is 406 g/mol. The summed E-state index contributed by atoms with van der Waals surface area (Å²) in [6.07, 6.45) is 2.41. The molecular weight excluding hydrogens is 382 g/mol. The molecule has 1 saturated carbocycles. The smallest absolute Gasteiger partial charge is 0.320 e. The average Bonchev–Trinajstić information content (AvgIpc) is 3.05. The molecule has 0 unspecified atom stereocenters. The standard InChI is InChI=1S/C19H24ClN5O3/c1-11(2)25(4)16(26)13-6-7-14(20)15(10-13)22-18(27)23-19(8-5-9-19)17-21-12(3)28-24-17/h6-7,10-11H,5,8-9H2,1-4H3,(H2,22,23,27). The predicted octanol–water partition coefficient (Wildman–Crippen LogP) is 3.71. The van der Waals surface area contributed by atoms with Crippen molar-refractivity contribution in [2.45, 2.75) is 51.6 Å². The van der Waals surface area contributed by atoms with Gasteiger partial charge in [-0.3, -0.25) is 4.79 Å². The van der Waals surface area contributed by atoms with Crippen LogP contribution < -0.4 is 10.6 Å². The predicted molar refractivity (Wildman–Crippen MR) is 105 cm³/mol. The number of carbonyl (C=O) groups is 2. The molecule has 1 aromatic heterocycles. The van der Waals surface area contributed by atoms with Gasteiger partial charge in [0.2, 0.25) is 5.89 Å². The first-order valence-corrected chi connectivity index (χ1v) is 9.56. The molecule has 2 N–H and O–H groups in total. The Bertz CT molecular complexity index is 891. The highest BCUT2D eigenvalue weighted by molar-refractivity contribution is 6.33. The molecule has 1 aliphatic rings. The highest BCUT2D eigenvalue weighted by atomic mass is 35.5. The third-order valence-electron chi connectivity index (χ3n) is 5.07. The van der Waals surface area contributed by atoms with Crippen LogP contribution in [0.15, 0.2) is 22.7 Å². The second kappa shape index (κ2) is 7.79. The molecular formula is C19H24ClN5O3. The number of amides is 3. The lowest BCUT2D eigenvalue weighted by molar-refractivity contribution is 0.0755. The zero-order chi connectivity index (χ0) is 20.5. The van der Waals surface area contributed by atoms with Crippen LogP contribution in [0.1, 0.15) is 55.2 Å². The number of hydrogen-bond donors (Lipinski definition) is 2. The van der Waals surface area contributed by atoms with Crippen LogP contribution in [0, 0.1) is 6.92 Å². The lowest BCUT2D eigenvalue weighted by Gasteiger charge is -2.39. The number of carbonyl (C=O) groups excluding carboxylic acids is 2. The molecule has 0 bridgehead atoms. The van der Waals surface area contributed by atoms with E-state index in [1.54, 1.807) is 37.1 Å². The van der Waals surface area contributed by atoms with Crippen LogP contribution in [0.25, 0.3) is 0 Å². The van der Waals surface area contributed by atoms with Gasteiger partial charge in [-0.2, -0.15) is 4.98 Å². The molecule has 1 aromatic carbocycles. The quantitative estimate of drug-likeness (QED) is 0.789. The van der Waals surface area contributed by atoms with Crippen LogP contribution in [-0.2, 0) is 5.54 Å². The summed E-state index contributed by atoms with van der Waals surface area (Å²) in [5.41, 5.74) is 0.170. The van der Waals surface area contributed by atoms with E-state index < -0.39 is 11.6 Å². The summed E-state index contributed by atoms with van der Waals surface area (Å²) < 4.78 is 5.05. The number of halogens is 1. The van der Waals surface area contributed by atoms with Crippen LogP contribution in [0.2, 0.25) is 5.02 Å². The molecule has 150 valence electrons. The number of nitrogens with one attached hydrogen (secondary N) is 2. The number of hydrogen-bond acceptors (Lipinski definition) is 5. The van der Waals surface area contributed by atoms with Crippen molar-refractivity contribution in [2.24, 2.45) is 0 Å². The Balaban J connectivity index is 1.75. The zero-order valence-corrected chi connectivity index (χ0v) is 17.1. The number of aryl methyl sites for hydroxylation is 1. The Morgan fingerprint density at radius 2 is 2.04 bits per heavy atom. The van der Waals surface area contributed by atoms with E-state index in [1.165, 1.54) is 0 Å². The highest BCUT2D eigenvalue weighted by Gasteiger charge is 2.44. The molecule has 9 heteroatoms. The Hall–Kier alpha value is -2.61. The molecule has 1 aliphatic carbocycles. The SMILES string of the molecule is Cc1nc(C2(NC(=O)Nc3cc(C(=O)N(C)C(C)C)ccc3Cl)CCC2)no1. The van der Waals surface area contributed by atoms with Crippen LogP contribution in [0.5, 0.6) is 0 Å². The number of urea groups is 1. The second-order valence-electron chi connectivity index (χ2n) is 7.36. The summed E-state index contributed by atoms with van der Waals surface area (Å²) in [5, 5.41) is 9.97. The fourth-order valence-corrected chi connectivity index (χ4v) is 3.16. The molecule has 0 radical (unpaired) electrons. The first-order chi connectivity index (χ1) is 13.2. The summed E-state index contributed by atoms with van der Waals surface area (Å²) >= 11 is 6.22. The minimum absolute atomic E-state index is 0.0553. The normalized spacial score (nSPS) is 15.1. The lowest BCUT2D eigenvalue weighted by atomic mass is 9.76. The molecule has 28 heavy (non-hydrogen) atoms. The van der Waals surface area contributed by atoms with Gasteiger partial charge in [-0.15, -0.1) is 0 Å². The van der Waals surface area contributed by atoms with E-state index in [9.17, 15) is 9.59 Å². The van der Waals surface area contributed by atoms with E-state index in [4.69, 9.17) is 16.1 Å². The first kappa shape index (κ1) is 20.1. The number of anilines is 1. The van der Waals surface area contributed by atoms with Crippen molar-refractivity contribution in [3.8, 4) is 0 Å². The molecule has 0 aliphatic heterocycles. The van der Waals surface area contributed by atoms with Crippen molar-refractivity contribution in [1.29, 1.82) is 0 Å². The highest BCUT2D eigenvalue weighted by Crippen LogP contribution is 2.39. The van der Waals surface area contributed by atoms with E-state index in [0.717, 1.165) is 19.3 Å². The Morgan fingerprint density at radius 3 is 2.57 bits per heavy atom. The minimum Gasteiger partial charge on any atom is -0.340 e. The molecule has 0 saturated heterocycles. The molecule has 0 atom stereocenters. The maximum Gasteiger partial charge on any atom is 0.320 e. The van der Waals surface area contributed by atoms with Gasteiger partial charge >= 0.3 is 6.03 Å². The molecule has 3 amide bonds. The summed E-state index contributed by atoms with van der Waals surface area (Å²) in [6.45, 7) is 5.57. The Labute approximate surface area is 168 Å². The van der Waals surface area contributed by atoms with E-state index in [1.807, 2.05) is 13.8 Å². The molecule has 0 spiro atoms. The molecule has 8 nitrogen and oxygen atoms in total. The van der Waals surface area contributed by atoms with Gasteiger partial charge in [0.15, 0.2) is 5.82 Å². The Kier molecular flexibility index (Phi) is 5.60. The number of rotatable bonds is 5. The monoisotopic (exact) mass is 405 g/mol. The summed E-state index contributed by atoms with van der Waals surface area (Å²) in [6, 6.07) is 4.43. The topological polar surface area (TPSA) is 100 Å². The molecule has 2 aromatic rings. The van der Waals surface area contributed by atoms with Crippen molar-refractivity contribution < 1.29 is 14.1 Å². The van der Waals surface area contributed by atoms with Gasteiger partial charge < -0.3 is 20.1 Å². The maximum atomic E-state index is 12.6. The van der Waals surface area contributed by atoms with E-state index in [2.05, 4.69) is 20.8 Å². The van der Waals surface area contributed by atoms with Gasteiger partial charge in [0.1, 0.15) is 5.54 Å². The van der Waals surface area contributed by atoms with Crippen LogP contribution in [-0.4, -0.2) is 40.1 Å². The molecule has 1 heterocycles.